The zero-order chi connectivity index (χ0) is 16.9. The van der Waals surface area contributed by atoms with E-state index in [9.17, 15) is 4.79 Å². The highest BCUT2D eigenvalue weighted by Crippen LogP contribution is 2.30. The van der Waals surface area contributed by atoms with Gasteiger partial charge in [0.05, 0.1) is 15.0 Å². The molecule has 0 aliphatic heterocycles. The van der Waals surface area contributed by atoms with Gasteiger partial charge in [-0.2, -0.15) is 0 Å². The van der Waals surface area contributed by atoms with Gasteiger partial charge in [-0.25, -0.2) is 4.98 Å². The minimum atomic E-state index is -0.200. The van der Waals surface area contributed by atoms with Crippen molar-refractivity contribution in [2.75, 3.05) is 5.32 Å². The van der Waals surface area contributed by atoms with E-state index in [1.165, 1.54) is 11.3 Å². The van der Waals surface area contributed by atoms with Gasteiger partial charge in [-0.3, -0.25) is 4.79 Å². The lowest BCUT2D eigenvalue weighted by molar-refractivity contribution is -0.115. The molecule has 24 heavy (non-hydrogen) atoms. The Morgan fingerprint density at radius 1 is 1.29 bits per heavy atom. The normalized spacial score (nSPS) is 12.1. The molecule has 4 nitrogen and oxygen atoms in total. The van der Waals surface area contributed by atoms with Gasteiger partial charge in [0.15, 0.2) is 5.13 Å². The Hall–Kier alpha value is -1.92. The maximum Gasteiger partial charge on any atom is 0.239 e. The van der Waals surface area contributed by atoms with E-state index in [1.54, 1.807) is 0 Å². The number of thiazole rings is 1. The van der Waals surface area contributed by atoms with Crippen LogP contribution in [0.5, 0.6) is 5.75 Å². The maximum absolute atomic E-state index is 11.9. The Bertz CT molecular complexity index is 835. The summed E-state index contributed by atoms with van der Waals surface area (Å²) in [6.07, 6.45) is 0.730. The lowest BCUT2D eigenvalue weighted by Crippen LogP contribution is -2.21. The van der Waals surface area contributed by atoms with Crippen LogP contribution in [0.3, 0.4) is 0 Å². The fourth-order valence-corrected chi connectivity index (χ4v) is 3.17. The van der Waals surface area contributed by atoms with Gasteiger partial charge in [-0.1, -0.05) is 64.5 Å². The highest BCUT2D eigenvalue weighted by atomic mass is 79.9. The average Bonchev–Trinajstić information content (AvgIpc) is 3.01. The molecule has 6 heteroatoms. The Morgan fingerprint density at radius 2 is 2.08 bits per heavy atom. The molecular weight excluding hydrogens is 388 g/mol. The first-order valence-corrected chi connectivity index (χ1v) is 9.41. The predicted molar refractivity (Wildman–Crippen MR) is 102 cm³/mol. The van der Waals surface area contributed by atoms with E-state index >= 15 is 0 Å². The number of hydrogen-bond acceptors (Lipinski definition) is 4. The number of benzene rings is 2. The van der Waals surface area contributed by atoms with Crippen molar-refractivity contribution in [3.63, 3.8) is 0 Å². The van der Waals surface area contributed by atoms with Crippen molar-refractivity contribution in [1.82, 2.24) is 4.98 Å². The van der Waals surface area contributed by atoms with Crippen molar-refractivity contribution in [2.45, 2.75) is 24.8 Å². The molecule has 0 bridgehead atoms. The van der Waals surface area contributed by atoms with E-state index < -0.39 is 0 Å². The summed E-state index contributed by atoms with van der Waals surface area (Å²) in [4.78, 5) is 16.2. The molecular formula is C18H17BrN2O2S. The summed E-state index contributed by atoms with van der Waals surface area (Å²) in [6.45, 7) is 2.48. The molecule has 0 aliphatic rings. The summed E-state index contributed by atoms with van der Waals surface area (Å²) in [5.41, 5.74) is 1.97. The number of fused-ring (bicyclic) bond motifs is 1. The van der Waals surface area contributed by atoms with Gasteiger partial charge in [0.25, 0.3) is 0 Å². The van der Waals surface area contributed by atoms with Crippen LogP contribution in [0.2, 0.25) is 0 Å². The number of rotatable bonds is 6. The summed E-state index contributed by atoms with van der Waals surface area (Å²) >= 11 is 4.79. The number of hydrogen-bond donors (Lipinski definition) is 1. The number of carbonyl (C=O) groups excluding carboxylic acids is 1. The minimum absolute atomic E-state index is 0.0721. The van der Waals surface area contributed by atoms with Gasteiger partial charge >= 0.3 is 0 Å². The third-order valence-corrected chi connectivity index (χ3v) is 5.48. The Morgan fingerprint density at radius 3 is 2.83 bits per heavy atom. The first-order chi connectivity index (χ1) is 11.7. The van der Waals surface area contributed by atoms with E-state index in [4.69, 9.17) is 4.74 Å². The molecule has 1 atom stereocenters. The Balaban J connectivity index is 1.70. The second-order valence-corrected chi connectivity index (χ2v) is 7.42. The number of nitrogens with one attached hydrogen (secondary N) is 1. The molecule has 1 aromatic heterocycles. The molecule has 0 spiro atoms. The third-order valence-electron chi connectivity index (χ3n) is 3.48. The first-order valence-electron chi connectivity index (χ1n) is 7.68. The first kappa shape index (κ1) is 16.9. The molecule has 0 saturated carbocycles. The molecule has 1 heterocycles. The zero-order valence-corrected chi connectivity index (χ0v) is 15.6. The van der Waals surface area contributed by atoms with Crippen LogP contribution < -0.4 is 10.1 Å². The molecule has 1 amide bonds. The van der Waals surface area contributed by atoms with Crippen LogP contribution in [0.25, 0.3) is 10.2 Å². The number of amides is 1. The highest BCUT2D eigenvalue weighted by molar-refractivity contribution is 9.10. The molecule has 0 saturated heterocycles. The number of alkyl halides is 1. The molecule has 1 unspecified atom stereocenters. The van der Waals surface area contributed by atoms with Gasteiger partial charge in [0.2, 0.25) is 5.91 Å². The number of anilines is 1. The summed E-state index contributed by atoms with van der Waals surface area (Å²) in [5, 5.41) is 3.44. The van der Waals surface area contributed by atoms with Crippen LogP contribution in [-0.2, 0) is 11.4 Å². The van der Waals surface area contributed by atoms with E-state index in [1.807, 2.05) is 55.5 Å². The topological polar surface area (TPSA) is 51.2 Å². The van der Waals surface area contributed by atoms with Gasteiger partial charge in [0.1, 0.15) is 12.4 Å². The molecule has 0 aliphatic carbocycles. The fourth-order valence-electron chi connectivity index (χ4n) is 2.16. The van der Waals surface area contributed by atoms with Crippen LogP contribution in [0, 0.1) is 0 Å². The Labute approximate surface area is 153 Å². The number of aromatic nitrogens is 1. The average molecular weight is 405 g/mol. The summed E-state index contributed by atoms with van der Waals surface area (Å²) < 4.78 is 6.81. The summed E-state index contributed by atoms with van der Waals surface area (Å²) in [6, 6.07) is 15.8. The molecule has 2 aromatic carbocycles. The van der Waals surface area contributed by atoms with Crippen LogP contribution in [-0.4, -0.2) is 15.7 Å². The molecule has 0 radical (unpaired) electrons. The quantitative estimate of drug-likeness (QED) is 0.588. The van der Waals surface area contributed by atoms with Crippen molar-refractivity contribution < 1.29 is 9.53 Å². The van der Waals surface area contributed by atoms with Crippen molar-refractivity contribution in [1.29, 1.82) is 0 Å². The maximum atomic E-state index is 11.9. The van der Waals surface area contributed by atoms with Gasteiger partial charge in [-0.05, 0) is 30.2 Å². The van der Waals surface area contributed by atoms with Gasteiger partial charge < -0.3 is 10.1 Å². The SMILES string of the molecule is CCC(Br)C(=O)Nc1nc2ccc(OCc3ccccc3)cc2s1. The van der Waals surface area contributed by atoms with Gasteiger partial charge in [-0.15, -0.1) is 0 Å². The largest absolute Gasteiger partial charge is 0.489 e. The van der Waals surface area contributed by atoms with Crippen molar-refractivity contribution >= 4 is 48.5 Å². The number of halogens is 1. The van der Waals surface area contributed by atoms with Crippen molar-refractivity contribution in [3.8, 4) is 5.75 Å². The lowest BCUT2D eigenvalue weighted by Gasteiger charge is -2.05. The fraction of sp³-hybridized carbons (Fsp3) is 0.222. The zero-order valence-electron chi connectivity index (χ0n) is 13.2. The monoisotopic (exact) mass is 404 g/mol. The molecule has 0 fully saturated rings. The predicted octanol–water partition coefficient (Wildman–Crippen LogP) is 4.99. The van der Waals surface area contributed by atoms with E-state index in [-0.39, 0.29) is 10.7 Å². The van der Waals surface area contributed by atoms with Crippen LogP contribution in [0.15, 0.2) is 48.5 Å². The molecule has 124 valence electrons. The summed E-state index contributed by atoms with van der Waals surface area (Å²) in [7, 11) is 0. The van der Waals surface area contributed by atoms with Crippen molar-refractivity contribution in [2.24, 2.45) is 0 Å². The van der Waals surface area contributed by atoms with E-state index in [0.717, 1.165) is 28.0 Å². The summed E-state index contributed by atoms with van der Waals surface area (Å²) in [5.74, 6) is 0.719. The van der Waals surface area contributed by atoms with E-state index in [0.29, 0.717) is 11.7 Å². The minimum Gasteiger partial charge on any atom is -0.489 e. The van der Waals surface area contributed by atoms with Gasteiger partial charge in [0, 0.05) is 0 Å². The molecule has 1 N–H and O–H groups in total. The third kappa shape index (κ3) is 4.13. The van der Waals surface area contributed by atoms with Crippen LogP contribution >= 0.6 is 27.3 Å². The number of nitrogens with zero attached hydrogens (tertiary/aromatic N) is 1. The number of ether oxygens (including phenoxy) is 1. The highest BCUT2D eigenvalue weighted by Gasteiger charge is 2.14. The standard InChI is InChI=1S/C18H17BrN2O2S/c1-2-14(19)17(22)21-18-20-15-9-8-13(10-16(15)24-18)23-11-12-6-4-3-5-7-12/h3-10,14H,2,11H2,1H3,(H,20,21,22). The lowest BCUT2D eigenvalue weighted by atomic mass is 10.2. The van der Waals surface area contributed by atoms with E-state index in [2.05, 4.69) is 26.2 Å². The smallest absolute Gasteiger partial charge is 0.239 e. The second-order valence-electron chi connectivity index (χ2n) is 5.29. The van der Waals surface area contributed by atoms with Crippen LogP contribution in [0.4, 0.5) is 5.13 Å². The molecule has 3 rings (SSSR count). The van der Waals surface area contributed by atoms with Crippen LogP contribution in [0.1, 0.15) is 18.9 Å². The Kier molecular flexibility index (Phi) is 5.48. The van der Waals surface area contributed by atoms with Crippen molar-refractivity contribution in [3.05, 3.63) is 54.1 Å². The number of carbonyl (C=O) groups is 1. The molecule has 3 aromatic rings. The second kappa shape index (κ2) is 7.77.